The molecular formula is C15H16N2O5. The predicted octanol–water partition coefficient (Wildman–Crippen LogP) is 2.43. The van der Waals surface area contributed by atoms with Gasteiger partial charge in [0.2, 0.25) is 0 Å². The molecule has 1 aromatic carbocycles. The zero-order valence-electron chi connectivity index (χ0n) is 11.9. The molecule has 2 rings (SSSR count). The zero-order chi connectivity index (χ0) is 15.9. The number of hydrogen-bond acceptors (Lipinski definition) is 5. The summed E-state index contributed by atoms with van der Waals surface area (Å²) in [6, 6.07) is 5.78. The Morgan fingerprint density at radius 1 is 1.32 bits per heavy atom. The fraction of sp³-hybridized carbons (Fsp3) is 0.333. The highest BCUT2D eigenvalue weighted by molar-refractivity contribution is 5.94. The smallest absolute Gasteiger partial charge is 0.309 e. The van der Waals surface area contributed by atoms with Crippen molar-refractivity contribution in [3.63, 3.8) is 0 Å². The summed E-state index contributed by atoms with van der Waals surface area (Å²) in [5.41, 5.74) is -0.131. The zero-order valence-corrected chi connectivity index (χ0v) is 11.9. The van der Waals surface area contributed by atoms with Gasteiger partial charge in [-0.15, -0.1) is 0 Å². The van der Waals surface area contributed by atoms with E-state index in [0.29, 0.717) is 12.8 Å². The second-order valence-corrected chi connectivity index (χ2v) is 4.91. The number of rotatable bonds is 5. The van der Waals surface area contributed by atoms with Crippen LogP contribution in [0.5, 0.6) is 0 Å². The minimum absolute atomic E-state index is 0.0779. The van der Waals surface area contributed by atoms with Crippen LogP contribution in [0.2, 0.25) is 0 Å². The molecule has 0 fully saturated rings. The van der Waals surface area contributed by atoms with E-state index in [-0.39, 0.29) is 17.3 Å². The third-order valence-corrected chi connectivity index (χ3v) is 3.32. The topological polar surface area (TPSA) is 98.5 Å². The Bertz CT molecular complexity index is 612. The van der Waals surface area contributed by atoms with Crippen molar-refractivity contribution in [1.82, 2.24) is 0 Å². The van der Waals surface area contributed by atoms with Crippen molar-refractivity contribution >= 4 is 23.3 Å². The highest BCUT2D eigenvalue weighted by Gasteiger charge is 2.21. The van der Waals surface area contributed by atoms with E-state index >= 15 is 0 Å². The minimum Gasteiger partial charge on any atom is -0.455 e. The van der Waals surface area contributed by atoms with Gasteiger partial charge in [0, 0.05) is 6.07 Å². The lowest BCUT2D eigenvalue weighted by Gasteiger charge is -2.16. The molecule has 0 aromatic heterocycles. The van der Waals surface area contributed by atoms with E-state index in [0.717, 1.165) is 6.42 Å². The van der Waals surface area contributed by atoms with Gasteiger partial charge in [-0.1, -0.05) is 24.3 Å². The van der Waals surface area contributed by atoms with Gasteiger partial charge < -0.3 is 10.1 Å². The molecule has 1 unspecified atom stereocenters. The van der Waals surface area contributed by atoms with Crippen LogP contribution in [-0.2, 0) is 14.3 Å². The van der Waals surface area contributed by atoms with Gasteiger partial charge >= 0.3 is 5.97 Å². The highest BCUT2D eigenvalue weighted by atomic mass is 16.6. The summed E-state index contributed by atoms with van der Waals surface area (Å²) in [6.07, 6.45) is 6.07. The lowest BCUT2D eigenvalue weighted by atomic mass is 9.95. The second kappa shape index (κ2) is 7.35. The number of allylic oxidation sites excluding steroid dienone is 2. The Labute approximate surface area is 127 Å². The molecule has 0 aliphatic heterocycles. The molecule has 0 heterocycles. The van der Waals surface area contributed by atoms with Crippen molar-refractivity contribution in [2.24, 2.45) is 5.92 Å². The van der Waals surface area contributed by atoms with E-state index in [4.69, 9.17) is 4.74 Å². The summed E-state index contributed by atoms with van der Waals surface area (Å²) in [7, 11) is 0. The van der Waals surface area contributed by atoms with Crippen molar-refractivity contribution in [2.75, 3.05) is 11.9 Å². The first-order valence-electron chi connectivity index (χ1n) is 6.93. The van der Waals surface area contributed by atoms with Crippen molar-refractivity contribution in [2.45, 2.75) is 19.3 Å². The molecule has 0 bridgehead atoms. The normalized spacial score (nSPS) is 16.8. The van der Waals surface area contributed by atoms with Gasteiger partial charge in [-0.05, 0) is 25.3 Å². The minimum atomic E-state index is -0.603. The Hall–Kier alpha value is -2.70. The number of carbonyl (C=O) groups is 2. The van der Waals surface area contributed by atoms with Crippen LogP contribution in [0, 0.1) is 16.0 Å². The number of carbonyl (C=O) groups excluding carboxylic acids is 2. The molecular weight excluding hydrogens is 288 g/mol. The average molecular weight is 304 g/mol. The van der Waals surface area contributed by atoms with Crippen LogP contribution in [0.1, 0.15) is 19.3 Å². The summed E-state index contributed by atoms with van der Waals surface area (Å²) in [5.74, 6) is -1.24. The number of esters is 1. The third kappa shape index (κ3) is 4.15. The van der Waals surface area contributed by atoms with Crippen LogP contribution >= 0.6 is 0 Å². The molecule has 0 spiro atoms. The first-order valence-corrected chi connectivity index (χ1v) is 6.93. The molecule has 0 saturated carbocycles. The second-order valence-electron chi connectivity index (χ2n) is 4.91. The number of nitro groups is 1. The summed E-state index contributed by atoms with van der Waals surface area (Å²) in [6.45, 7) is -0.453. The van der Waals surface area contributed by atoms with Gasteiger partial charge in [0.05, 0.1) is 10.8 Å². The SMILES string of the molecule is O=C(COC(=O)C1CC=CCC1)Nc1ccccc1[N+](=O)[O-]. The Balaban J connectivity index is 1.87. The van der Waals surface area contributed by atoms with Gasteiger partial charge in [-0.3, -0.25) is 19.7 Å². The molecule has 0 saturated heterocycles. The number of nitrogens with zero attached hydrogens (tertiary/aromatic N) is 1. The number of benzene rings is 1. The number of hydrogen-bond donors (Lipinski definition) is 1. The number of ether oxygens (including phenoxy) is 1. The van der Waals surface area contributed by atoms with Gasteiger partial charge in [0.1, 0.15) is 5.69 Å². The van der Waals surface area contributed by atoms with Crippen molar-refractivity contribution in [1.29, 1.82) is 0 Å². The first kappa shape index (κ1) is 15.7. The number of amides is 1. The van der Waals surface area contributed by atoms with Gasteiger partial charge in [0.25, 0.3) is 11.6 Å². The van der Waals surface area contributed by atoms with Crippen LogP contribution in [0.3, 0.4) is 0 Å². The van der Waals surface area contributed by atoms with Crippen LogP contribution in [0.15, 0.2) is 36.4 Å². The summed E-state index contributed by atoms with van der Waals surface area (Å²) in [5, 5.41) is 13.2. The summed E-state index contributed by atoms with van der Waals surface area (Å²) >= 11 is 0. The molecule has 1 aliphatic rings. The number of nitrogens with one attached hydrogen (secondary N) is 1. The monoisotopic (exact) mass is 304 g/mol. The summed E-state index contributed by atoms with van der Waals surface area (Å²) in [4.78, 5) is 33.8. The van der Waals surface area contributed by atoms with Gasteiger partial charge in [-0.25, -0.2) is 0 Å². The van der Waals surface area contributed by atoms with E-state index in [2.05, 4.69) is 5.32 Å². The van der Waals surface area contributed by atoms with Crippen LogP contribution in [0.25, 0.3) is 0 Å². The largest absolute Gasteiger partial charge is 0.455 e. The number of anilines is 1. The quantitative estimate of drug-likeness (QED) is 0.390. The standard InChI is InChI=1S/C15H16N2O5/c18-14(10-22-15(19)11-6-2-1-3-7-11)16-12-8-4-5-9-13(12)17(20)21/h1-2,4-5,8-9,11H,3,6-7,10H2,(H,16,18). The molecule has 1 amide bonds. The first-order chi connectivity index (χ1) is 10.6. The van der Waals surface area contributed by atoms with E-state index in [9.17, 15) is 19.7 Å². The Morgan fingerprint density at radius 3 is 2.77 bits per heavy atom. The molecule has 7 heteroatoms. The lowest BCUT2D eigenvalue weighted by molar-refractivity contribution is -0.383. The molecule has 7 nitrogen and oxygen atoms in total. The summed E-state index contributed by atoms with van der Waals surface area (Å²) < 4.78 is 4.96. The van der Waals surface area contributed by atoms with E-state index in [1.54, 1.807) is 6.07 Å². The lowest BCUT2D eigenvalue weighted by Crippen LogP contribution is -2.25. The van der Waals surface area contributed by atoms with Gasteiger partial charge in [-0.2, -0.15) is 0 Å². The van der Waals surface area contributed by atoms with Crippen molar-refractivity contribution in [3.05, 3.63) is 46.5 Å². The van der Waals surface area contributed by atoms with Crippen LogP contribution in [-0.4, -0.2) is 23.4 Å². The molecule has 1 aliphatic carbocycles. The van der Waals surface area contributed by atoms with Crippen LogP contribution < -0.4 is 5.32 Å². The predicted molar refractivity (Wildman–Crippen MR) is 79.2 cm³/mol. The van der Waals surface area contributed by atoms with Gasteiger partial charge in [0.15, 0.2) is 6.61 Å². The molecule has 116 valence electrons. The highest BCUT2D eigenvalue weighted by Crippen LogP contribution is 2.23. The number of nitro benzene ring substituents is 1. The molecule has 1 atom stereocenters. The van der Waals surface area contributed by atoms with E-state index in [1.807, 2.05) is 12.2 Å². The molecule has 1 N–H and O–H groups in total. The fourth-order valence-corrected chi connectivity index (χ4v) is 2.19. The molecule has 22 heavy (non-hydrogen) atoms. The van der Waals surface area contributed by atoms with E-state index < -0.39 is 23.4 Å². The van der Waals surface area contributed by atoms with Crippen LogP contribution in [0.4, 0.5) is 11.4 Å². The fourth-order valence-electron chi connectivity index (χ4n) is 2.19. The Morgan fingerprint density at radius 2 is 2.09 bits per heavy atom. The maximum Gasteiger partial charge on any atom is 0.309 e. The maximum absolute atomic E-state index is 11.8. The number of para-hydroxylation sites is 2. The Kier molecular flexibility index (Phi) is 5.24. The third-order valence-electron chi connectivity index (χ3n) is 3.32. The average Bonchev–Trinajstić information content (AvgIpc) is 2.53. The van der Waals surface area contributed by atoms with E-state index in [1.165, 1.54) is 18.2 Å². The maximum atomic E-state index is 11.8. The van der Waals surface area contributed by atoms with Crippen molar-refractivity contribution < 1.29 is 19.2 Å². The molecule has 0 radical (unpaired) electrons. The van der Waals surface area contributed by atoms with Crippen molar-refractivity contribution in [3.8, 4) is 0 Å². The molecule has 1 aromatic rings.